The Morgan fingerprint density at radius 3 is 2.73 bits per heavy atom. The van der Waals surface area contributed by atoms with Crippen LogP contribution in [0.5, 0.6) is 5.75 Å². The second kappa shape index (κ2) is 9.63. The Balaban J connectivity index is 1.77. The molecule has 1 aliphatic heterocycles. The topological polar surface area (TPSA) is 70.7 Å². The van der Waals surface area contributed by atoms with E-state index >= 15 is 0 Å². The van der Waals surface area contributed by atoms with Gasteiger partial charge in [0.2, 0.25) is 11.8 Å². The van der Waals surface area contributed by atoms with Gasteiger partial charge in [-0.15, -0.1) is 0 Å². The van der Waals surface area contributed by atoms with Gasteiger partial charge in [-0.1, -0.05) is 48.0 Å². The van der Waals surface area contributed by atoms with Crippen LogP contribution in [0.3, 0.4) is 0 Å². The maximum atomic E-state index is 13.8. The molecule has 172 valence electrons. The lowest BCUT2D eigenvalue weighted by molar-refractivity contribution is -0.128. The molecule has 0 aromatic heterocycles. The molecule has 0 spiro atoms. The minimum Gasteiger partial charge on any atom is -0.496 e. The molecule has 3 aromatic rings. The summed E-state index contributed by atoms with van der Waals surface area (Å²) in [6.07, 6.45) is 1.27. The van der Waals surface area contributed by atoms with Crippen molar-refractivity contribution in [3.8, 4) is 5.75 Å². The second-order valence-electron chi connectivity index (χ2n) is 8.63. The number of nitrogens with zero attached hydrogens (tertiary/aromatic N) is 1. The van der Waals surface area contributed by atoms with Crippen LogP contribution in [0.25, 0.3) is 10.8 Å². The first kappa shape index (κ1) is 22.8. The van der Waals surface area contributed by atoms with E-state index in [1.54, 1.807) is 26.0 Å². The smallest absolute Gasteiger partial charge is 0.249 e. The van der Waals surface area contributed by atoms with Crippen molar-refractivity contribution < 1.29 is 14.3 Å². The van der Waals surface area contributed by atoms with Gasteiger partial charge >= 0.3 is 0 Å². The molecule has 1 unspecified atom stereocenters. The standard InChI is InChI=1S/C27H31N3O3/c1-17-9-12-21-20(15-17)11-14-25(33-4)22(21)16-30-24-8-6-5-7-19(24)10-13-23(27(30)32)29-26(31)18(2)28-3/h5-9,11-12,14-15,18,23,28H,10,13,16H2,1-4H3,(H,29,31)/t18-,23?/m0/s1. The number of ether oxygens (including phenoxy) is 1. The maximum Gasteiger partial charge on any atom is 0.249 e. The number of para-hydroxylation sites is 1. The van der Waals surface area contributed by atoms with Gasteiger partial charge in [0.1, 0.15) is 11.8 Å². The van der Waals surface area contributed by atoms with Crippen molar-refractivity contribution in [2.75, 3.05) is 19.1 Å². The number of benzene rings is 3. The largest absolute Gasteiger partial charge is 0.496 e. The summed E-state index contributed by atoms with van der Waals surface area (Å²) >= 11 is 0. The third kappa shape index (κ3) is 4.57. The van der Waals surface area contributed by atoms with Crippen LogP contribution in [0.2, 0.25) is 0 Å². The molecule has 0 saturated carbocycles. The molecule has 4 rings (SSSR count). The third-order valence-electron chi connectivity index (χ3n) is 6.47. The minimum atomic E-state index is -0.594. The number of carbonyl (C=O) groups is 2. The number of carbonyl (C=O) groups excluding carboxylic acids is 2. The molecule has 1 aliphatic rings. The lowest BCUT2D eigenvalue weighted by atomic mass is 10.0. The highest BCUT2D eigenvalue weighted by Crippen LogP contribution is 2.34. The summed E-state index contributed by atoms with van der Waals surface area (Å²) in [6.45, 7) is 4.21. The van der Waals surface area contributed by atoms with E-state index in [0.717, 1.165) is 33.3 Å². The van der Waals surface area contributed by atoms with E-state index in [1.165, 1.54) is 5.56 Å². The lowest BCUT2D eigenvalue weighted by Gasteiger charge is -2.28. The molecule has 2 amide bonds. The fraction of sp³-hybridized carbons (Fsp3) is 0.333. The van der Waals surface area contributed by atoms with Gasteiger partial charge in [0.15, 0.2) is 0 Å². The predicted molar refractivity (Wildman–Crippen MR) is 132 cm³/mol. The molecular formula is C27H31N3O3. The van der Waals surface area contributed by atoms with Crippen LogP contribution < -0.4 is 20.3 Å². The molecule has 0 bridgehead atoms. The Morgan fingerprint density at radius 1 is 1.18 bits per heavy atom. The van der Waals surface area contributed by atoms with Crippen LogP contribution in [0.1, 0.15) is 30.0 Å². The van der Waals surface area contributed by atoms with Gasteiger partial charge in [0.05, 0.1) is 19.7 Å². The Morgan fingerprint density at radius 2 is 1.97 bits per heavy atom. The van der Waals surface area contributed by atoms with Gasteiger partial charge in [0.25, 0.3) is 0 Å². The van der Waals surface area contributed by atoms with E-state index < -0.39 is 6.04 Å². The number of methoxy groups -OCH3 is 1. The van der Waals surface area contributed by atoms with E-state index in [9.17, 15) is 9.59 Å². The quantitative estimate of drug-likeness (QED) is 0.607. The van der Waals surface area contributed by atoms with Crippen molar-refractivity contribution in [1.29, 1.82) is 0 Å². The van der Waals surface area contributed by atoms with Crippen LogP contribution >= 0.6 is 0 Å². The molecule has 0 saturated heterocycles. The number of fused-ring (bicyclic) bond motifs is 2. The Bertz CT molecular complexity index is 1190. The zero-order valence-corrected chi connectivity index (χ0v) is 19.6. The molecule has 0 fully saturated rings. The highest BCUT2D eigenvalue weighted by molar-refractivity contribution is 6.01. The number of hydrogen-bond donors (Lipinski definition) is 2. The summed E-state index contributed by atoms with van der Waals surface area (Å²) in [5, 5.41) is 8.06. The van der Waals surface area contributed by atoms with E-state index in [2.05, 4.69) is 41.8 Å². The van der Waals surface area contributed by atoms with Crippen LogP contribution in [-0.2, 0) is 22.6 Å². The van der Waals surface area contributed by atoms with E-state index in [1.807, 2.05) is 30.3 Å². The Hall–Kier alpha value is -3.38. The molecule has 3 aromatic carbocycles. The summed E-state index contributed by atoms with van der Waals surface area (Å²) in [6, 6.07) is 17.3. The van der Waals surface area contributed by atoms with Gasteiger partial charge in [-0.2, -0.15) is 0 Å². The van der Waals surface area contributed by atoms with Crippen molar-refractivity contribution in [2.24, 2.45) is 0 Å². The molecule has 33 heavy (non-hydrogen) atoms. The average Bonchev–Trinajstić information content (AvgIpc) is 2.95. The molecule has 6 nitrogen and oxygen atoms in total. The summed E-state index contributed by atoms with van der Waals surface area (Å²) in [7, 11) is 3.38. The maximum absolute atomic E-state index is 13.8. The van der Waals surface area contributed by atoms with E-state index in [0.29, 0.717) is 19.4 Å². The Kier molecular flexibility index (Phi) is 6.65. The van der Waals surface area contributed by atoms with Crippen molar-refractivity contribution >= 4 is 28.3 Å². The summed E-state index contributed by atoms with van der Waals surface area (Å²) in [5.41, 5.74) is 4.11. The van der Waals surface area contributed by atoms with Gasteiger partial charge < -0.3 is 20.3 Å². The van der Waals surface area contributed by atoms with Gasteiger partial charge in [-0.25, -0.2) is 0 Å². The first-order valence-corrected chi connectivity index (χ1v) is 11.4. The lowest BCUT2D eigenvalue weighted by Crippen LogP contribution is -2.52. The highest BCUT2D eigenvalue weighted by atomic mass is 16.5. The SMILES string of the molecule is CN[C@@H](C)C(=O)NC1CCc2ccccc2N(Cc2c(OC)ccc3cc(C)ccc23)C1=O. The van der Waals surface area contributed by atoms with Crippen molar-refractivity contribution in [3.63, 3.8) is 0 Å². The summed E-state index contributed by atoms with van der Waals surface area (Å²) in [5.74, 6) is 0.452. The third-order valence-corrected chi connectivity index (χ3v) is 6.47. The fourth-order valence-corrected chi connectivity index (χ4v) is 4.45. The van der Waals surface area contributed by atoms with Crippen LogP contribution in [-0.4, -0.2) is 38.1 Å². The first-order chi connectivity index (χ1) is 15.9. The first-order valence-electron chi connectivity index (χ1n) is 11.4. The fourth-order valence-electron chi connectivity index (χ4n) is 4.45. The number of likely N-dealkylation sites (N-methyl/N-ethyl adjacent to an activating group) is 1. The molecule has 6 heteroatoms. The Labute approximate surface area is 194 Å². The highest BCUT2D eigenvalue weighted by Gasteiger charge is 2.32. The normalized spacial score (nSPS) is 16.8. The number of nitrogens with one attached hydrogen (secondary N) is 2. The second-order valence-corrected chi connectivity index (χ2v) is 8.63. The van der Waals surface area contributed by atoms with Gasteiger partial charge in [0, 0.05) is 11.3 Å². The van der Waals surface area contributed by atoms with Crippen LogP contribution in [0, 0.1) is 6.92 Å². The molecule has 0 radical (unpaired) electrons. The number of amides is 2. The molecule has 2 atom stereocenters. The summed E-state index contributed by atoms with van der Waals surface area (Å²) in [4.78, 5) is 28.2. The molecule has 1 heterocycles. The van der Waals surface area contributed by atoms with Crippen LogP contribution in [0.15, 0.2) is 54.6 Å². The summed E-state index contributed by atoms with van der Waals surface area (Å²) < 4.78 is 5.70. The monoisotopic (exact) mass is 445 g/mol. The number of rotatable bonds is 6. The minimum absolute atomic E-state index is 0.109. The van der Waals surface area contributed by atoms with Crippen molar-refractivity contribution in [2.45, 2.75) is 45.3 Å². The molecule has 2 N–H and O–H groups in total. The van der Waals surface area contributed by atoms with E-state index in [4.69, 9.17) is 4.74 Å². The molecular weight excluding hydrogens is 414 g/mol. The molecule has 0 aliphatic carbocycles. The van der Waals surface area contributed by atoms with Crippen molar-refractivity contribution in [3.05, 3.63) is 71.3 Å². The van der Waals surface area contributed by atoms with Gasteiger partial charge in [-0.05, 0) is 62.2 Å². The predicted octanol–water partition coefficient (Wildman–Crippen LogP) is 3.73. The van der Waals surface area contributed by atoms with Crippen molar-refractivity contribution in [1.82, 2.24) is 10.6 Å². The van der Waals surface area contributed by atoms with E-state index in [-0.39, 0.29) is 17.9 Å². The number of aryl methyl sites for hydroxylation is 2. The zero-order chi connectivity index (χ0) is 23.5. The van der Waals surface area contributed by atoms with Crippen LogP contribution in [0.4, 0.5) is 5.69 Å². The number of hydrogen-bond acceptors (Lipinski definition) is 4. The van der Waals surface area contributed by atoms with Gasteiger partial charge in [-0.3, -0.25) is 9.59 Å². The average molecular weight is 446 g/mol. The number of anilines is 1. The zero-order valence-electron chi connectivity index (χ0n) is 19.6.